The lowest BCUT2D eigenvalue weighted by Crippen LogP contribution is -2.16. The first kappa shape index (κ1) is 13.7. The van der Waals surface area contributed by atoms with Gasteiger partial charge in [-0.2, -0.15) is 0 Å². The van der Waals surface area contributed by atoms with E-state index < -0.39 is 0 Å². The lowest BCUT2D eigenvalue weighted by Gasteiger charge is -2.21. The highest BCUT2D eigenvalue weighted by molar-refractivity contribution is 7.22. The number of thiazole rings is 1. The van der Waals surface area contributed by atoms with Gasteiger partial charge in [0.05, 0.1) is 16.8 Å². The van der Waals surface area contributed by atoms with E-state index in [1.807, 2.05) is 19.1 Å². The van der Waals surface area contributed by atoms with Crippen LogP contribution in [0.25, 0.3) is 10.2 Å². The molecule has 2 aromatic rings. The van der Waals surface area contributed by atoms with Gasteiger partial charge in [-0.25, -0.2) is 4.98 Å². The molecule has 1 aromatic carbocycles. The van der Waals surface area contributed by atoms with Gasteiger partial charge in [0, 0.05) is 6.54 Å². The van der Waals surface area contributed by atoms with Gasteiger partial charge in [-0.3, -0.25) is 0 Å². The molecule has 0 bridgehead atoms. The van der Waals surface area contributed by atoms with Gasteiger partial charge in [0.25, 0.3) is 0 Å². The van der Waals surface area contributed by atoms with Crippen LogP contribution in [0.2, 0.25) is 0 Å². The molecule has 0 unspecified atom stereocenters. The first-order valence-corrected chi connectivity index (χ1v) is 8.44. The number of benzene rings is 1. The highest BCUT2D eigenvalue weighted by Crippen LogP contribution is 2.30. The van der Waals surface area contributed by atoms with Crippen molar-refractivity contribution in [2.24, 2.45) is 5.92 Å². The highest BCUT2D eigenvalue weighted by atomic mass is 32.1. The molecule has 0 aliphatic heterocycles. The Bertz CT molecular complexity index is 561. The monoisotopic (exact) mass is 290 g/mol. The Morgan fingerprint density at radius 2 is 2.15 bits per heavy atom. The van der Waals surface area contributed by atoms with Gasteiger partial charge in [-0.15, -0.1) is 0 Å². The third-order valence-electron chi connectivity index (χ3n) is 3.94. The molecular formula is C16H22N2OS. The van der Waals surface area contributed by atoms with E-state index >= 15 is 0 Å². The summed E-state index contributed by atoms with van der Waals surface area (Å²) in [5.74, 6) is 1.76. The summed E-state index contributed by atoms with van der Waals surface area (Å²) in [5.41, 5.74) is 1.06. The Hall–Kier alpha value is -1.29. The minimum atomic E-state index is 0.705. The molecule has 1 aliphatic rings. The van der Waals surface area contributed by atoms with Crippen LogP contribution in [0.3, 0.4) is 0 Å². The van der Waals surface area contributed by atoms with Crippen molar-refractivity contribution in [3.05, 3.63) is 18.2 Å². The Morgan fingerprint density at radius 1 is 1.30 bits per heavy atom. The molecule has 0 saturated heterocycles. The van der Waals surface area contributed by atoms with E-state index in [1.165, 1.54) is 36.8 Å². The molecule has 0 radical (unpaired) electrons. The maximum Gasteiger partial charge on any atom is 0.183 e. The number of hydrogen-bond donors (Lipinski definition) is 1. The summed E-state index contributed by atoms with van der Waals surface area (Å²) in [6.45, 7) is 3.78. The summed E-state index contributed by atoms with van der Waals surface area (Å²) in [7, 11) is 0. The Balaban J connectivity index is 1.65. The molecule has 3 rings (SSSR count). The molecular weight excluding hydrogens is 268 g/mol. The molecule has 1 heterocycles. The van der Waals surface area contributed by atoms with Gasteiger partial charge in [0.1, 0.15) is 5.75 Å². The van der Waals surface area contributed by atoms with Crippen molar-refractivity contribution in [2.45, 2.75) is 39.0 Å². The van der Waals surface area contributed by atoms with E-state index in [0.29, 0.717) is 6.61 Å². The Labute approximate surface area is 124 Å². The van der Waals surface area contributed by atoms with Crippen LogP contribution in [-0.2, 0) is 0 Å². The predicted octanol–water partition coefficient (Wildman–Crippen LogP) is 4.69. The summed E-state index contributed by atoms with van der Waals surface area (Å²) in [6.07, 6.45) is 6.93. The molecule has 1 aromatic heterocycles. The molecule has 0 atom stereocenters. The number of nitrogens with zero attached hydrogens (tertiary/aromatic N) is 1. The molecule has 108 valence electrons. The maximum atomic E-state index is 5.54. The van der Waals surface area contributed by atoms with E-state index in [9.17, 15) is 0 Å². The van der Waals surface area contributed by atoms with Crippen LogP contribution in [0.15, 0.2) is 18.2 Å². The van der Waals surface area contributed by atoms with Crippen molar-refractivity contribution in [3.63, 3.8) is 0 Å². The number of aromatic nitrogens is 1. The van der Waals surface area contributed by atoms with E-state index in [4.69, 9.17) is 4.74 Å². The van der Waals surface area contributed by atoms with Gasteiger partial charge < -0.3 is 10.1 Å². The van der Waals surface area contributed by atoms with Crippen molar-refractivity contribution in [3.8, 4) is 5.75 Å². The van der Waals surface area contributed by atoms with Crippen LogP contribution in [-0.4, -0.2) is 18.1 Å². The molecule has 1 fully saturated rings. The molecule has 20 heavy (non-hydrogen) atoms. The minimum Gasteiger partial charge on any atom is -0.494 e. The number of hydrogen-bond acceptors (Lipinski definition) is 4. The standard InChI is InChI=1S/C16H22N2OS/c1-2-19-13-8-9-14-15(10-13)20-16(18-14)17-11-12-6-4-3-5-7-12/h8-10,12H,2-7,11H2,1H3,(H,17,18). The first-order valence-electron chi connectivity index (χ1n) is 7.62. The molecule has 1 N–H and O–H groups in total. The molecule has 0 amide bonds. The number of nitrogens with one attached hydrogen (secondary N) is 1. The first-order chi connectivity index (χ1) is 9.85. The Morgan fingerprint density at radius 3 is 2.95 bits per heavy atom. The van der Waals surface area contributed by atoms with Crippen molar-refractivity contribution < 1.29 is 4.74 Å². The number of ether oxygens (including phenoxy) is 1. The summed E-state index contributed by atoms with van der Waals surface area (Å²) < 4.78 is 6.73. The minimum absolute atomic E-state index is 0.705. The Kier molecular flexibility index (Phi) is 4.41. The summed E-state index contributed by atoms with van der Waals surface area (Å²) in [6, 6.07) is 6.13. The van der Waals surface area contributed by atoms with Crippen LogP contribution in [0.5, 0.6) is 5.75 Å². The average molecular weight is 290 g/mol. The smallest absolute Gasteiger partial charge is 0.183 e. The van der Waals surface area contributed by atoms with Crippen LogP contribution in [0.4, 0.5) is 5.13 Å². The molecule has 1 saturated carbocycles. The van der Waals surface area contributed by atoms with Gasteiger partial charge >= 0.3 is 0 Å². The lowest BCUT2D eigenvalue weighted by atomic mass is 9.89. The fourth-order valence-corrected chi connectivity index (χ4v) is 3.76. The normalized spacial score (nSPS) is 16.4. The zero-order valence-electron chi connectivity index (χ0n) is 12.0. The lowest BCUT2D eigenvalue weighted by molar-refractivity contribution is 0.341. The fourth-order valence-electron chi connectivity index (χ4n) is 2.86. The van der Waals surface area contributed by atoms with E-state index in [-0.39, 0.29) is 0 Å². The second-order valence-electron chi connectivity index (χ2n) is 5.47. The van der Waals surface area contributed by atoms with Gasteiger partial charge in [-0.05, 0) is 43.9 Å². The quantitative estimate of drug-likeness (QED) is 0.867. The molecule has 1 aliphatic carbocycles. The van der Waals surface area contributed by atoms with Gasteiger partial charge in [0.15, 0.2) is 5.13 Å². The molecule has 4 heteroatoms. The van der Waals surface area contributed by atoms with Crippen molar-refractivity contribution in [1.29, 1.82) is 0 Å². The van der Waals surface area contributed by atoms with Crippen molar-refractivity contribution in [2.75, 3.05) is 18.5 Å². The zero-order valence-corrected chi connectivity index (χ0v) is 12.8. The third-order valence-corrected chi connectivity index (χ3v) is 4.91. The van der Waals surface area contributed by atoms with Crippen LogP contribution < -0.4 is 10.1 Å². The third kappa shape index (κ3) is 3.23. The van der Waals surface area contributed by atoms with Crippen LogP contribution in [0.1, 0.15) is 39.0 Å². The van der Waals surface area contributed by atoms with Crippen LogP contribution >= 0.6 is 11.3 Å². The van der Waals surface area contributed by atoms with Crippen molar-refractivity contribution >= 4 is 26.7 Å². The van der Waals surface area contributed by atoms with Crippen LogP contribution in [0, 0.1) is 5.92 Å². The van der Waals surface area contributed by atoms with Gasteiger partial charge in [-0.1, -0.05) is 30.6 Å². The topological polar surface area (TPSA) is 34.1 Å². The largest absolute Gasteiger partial charge is 0.494 e. The van der Waals surface area contributed by atoms with Gasteiger partial charge in [0.2, 0.25) is 0 Å². The van der Waals surface area contributed by atoms with E-state index in [2.05, 4.69) is 16.4 Å². The fraction of sp³-hybridized carbons (Fsp3) is 0.562. The maximum absolute atomic E-state index is 5.54. The van der Waals surface area contributed by atoms with Crippen molar-refractivity contribution in [1.82, 2.24) is 4.98 Å². The SMILES string of the molecule is CCOc1ccc2nc(NCC3CCCCC3)sc2c1. The zero-order chi connectivity index (χ0) is 13.8. The molecule has 0 spiro atoms. The highest BCUT2D eigenvalue weighted by Gasteiger charge is 2.14. The van der Waals surface area contributed by atoms with E-state index in [1.54, 1.807) is 11.3 Å². The predicted molar refractivity (Wildman–Crippen MR) is 85.9 cm³/mol. The van der Waals surface area contributed by atoms with E-state index in [0.717, 1.165) is 28.9 Å². The number of fused-ring (bicyclic) bond motifs is 1. The second-order valence-corrected chi connectivity index (χ2v) is 6.50. The number of rotatable bonds is 5. The molecule has 3 nitrogen and oxygen atoms in total. The summed E-state index contributed by atoms with van der Waals surface area (Å²) >= 11 is 1.72. The average Bonchev–Trinajstić information content (AvgIpc) is 2.89. The summed E-state index contributed by atoms with van der Waals surface area (Å²) in [5, 5.41) is 4.56. The second kappa shape index (κ2) is 6.44. The summed E-state index contributed by atoms with van der Waals surface area (Å²) in [4.78, 5) is 4.65. The number of anilines is 1.